The third-order valence-corrected chi connectivity index (χ3v) is 4.66. The SMILES string of the molecule is C=C/C=C(\C=C)C(NC(=O)CNC(=O)CCc1ccccc1)c1cccc(C(F)(F)F)c1. The van der Waals surface area contributed by atoms with Gasteiger partial charge in [-0.25, -0.2) is 0 Å². The normalized spacial score (nSPS) is 12.5. The molecule has 7 heteroatoms. The summed E-state index contributed by atoms with van der Waals surface area (Å²) in [6.45, 7) is 6.96. The first kappa shape index (κ1) is 24.7. The number of hydrogen-bond donors (Lipinski definition) is 2. The predicted molar refractivity (Wildman–Crippen MR) is 119 cm³/mol. The van der Waals surface area contributed by atoms with Crippen LogP contribution in [0.4, 0.5) is 13.2 Å². The van der Waals surface area contributed by atoms with Crippen LogP contribution >= 0.6 is 0 Å². The number of carbonyl (C=O) groups is 2. The number of benzene rings is 2. The van der Waals surface area contributed by atoms with Gasteiger partial charge in [-0.2, -0.15) is 13.2 Å². The van der Waals surface area contributed by atoms with E-state index in [9.17, 15) is 22.8 Å². The molecule has 168 valence electrons. The molecule has 2 aromatic carbocycles. The van der Waals surface area contributed by atoms with Crippen LogP contribution in [0.5, 0.6) is 0 Å². The lowest BCUT2D eigenvalue weighted by Gasteiger charge is -2.22. The molecule has 2 amide bonds. The fraction of sp³-hybridized carbons (Fsp3) is 0.200. The fourth-order valence-electron chi connectivity index (χ4n) is 3.05. The van der Waals surface area contributed by atoms with E-state index in [1.165, 1.54) is 24.3 Å². The molecule has 0 aliphatic heterocycles. The zero-order valence-electron chi connectivity index (χ0n) is 17.5. The quantitative estimate of drug-likeness (QED) is 0.514. The molecule has 0 aromatic heterocycles. The average molecular weight is 442 g/mol. The first-order valence-electron chi connectivity index (χ1n) is 9.96. The number of nitrogens with one attached hydrogen (secondary N) is 2. The van der Waals surface area contributed by atoms with Crippen molar-refractivity contribution in [3.63, 3.8) is 0 Å². The highest BCUT2D eigenvalue weighted by molar-refractivity contribution is 5.85. The van der Waals surface area contributed by atoms with Crippen LogP contribution in [-0.2, 0) is 22.2 Å². The smallest absolute Gasteiger partial charge is 0.347 e. The lowest BCUT2D eigenvalue weighted by Crippen LogP contribution is -2.39. The second-order valence-corrected chi connectivity index (χ2v) is 6.99. The second kappa shape index (κ2) is 11.7. The summed E-state index contributed by atoms with van der Waals surface area (Å²) >= 11 is 0. The van der Waals surface area contributed by atoms with Gasteiger partial charge in [0.1, 0.15) is 0 Å². The van der Waals surface area contributed by atoms with Crippen LogP contribution in [0.1, 0.15) is 29.2 Å². The summed E-state index contributed by atoms with van der Waals surface area (Å²) in [7, 11) is 0. The van der Waals surface area contributed by atoms with Gasteiger partial charge in [0.05, 0.1) is 18.2 Å². The summed E-state index contributed by atoms with van der Waals surface area (Å²) in [6, 6.07) is 13.3. The maximum atomic E-state index is 13.1. The molecule has 0 aliphatic carbocycles. The Hall–Kier alpha value is -3.61. The molecule has 32 heavy (non-hydrogen) atoms. The van der Waals surface area contributed by atoms with Crippen molar-refractivity contribution in [2.24, 2.45) is 0 Å². The molecular formula is C25H25F3N2O2. The molecule has 0 aliphatic rings. The topological polar surface area (TPSA) is 58.2 Å². The van der Waals surface area contributed by atoms with Crippen LogP contribution in [0, 0.1) is 0 Å². The summed E-state index contributed by atoms with van der Waals surface area (Å²) < 4.78 is 39.4. The Labute approximate surface area is 185 Å². The van der Waals surface area contributed by atoms with Crippen LogP contribution in [0.15, 0.2) is 91.6 Å². The number of halogens is 3. The first-order valence-corrected chi connectivity index (χ1v) is 9.96. The first-order chi connectivity index (χ1) is 15.2. The maximum absolute atomic E-state index is 13.1. The zero-order chi connectivity index (χ0) is 23.6. The number of carbonyl (C=O) groups excluding carboxylic acids is 2. The molecule has 0 radical (unpaired) electrons. The van der Waals surface area contributed by atoms with E-state index in [1.54, 1.807) is 6.08 Å². The van der Waals surface area contributed by atoms with Crippen LogP contribution in [0.25, 0.3) is 0 Å². The van der Waals surface area contributed by atoms with Crippen LogP contribution < -0.4 is 10.6 Å². The minimum absolute atomic E-state index is 0.211. The highest BCUT2D eigenvalue weighted by Gasteiger charge is 2.31. The van der Waals surface area contributed by atoms with Crippen molar-refractivity contribution in [2.45, 2.75) is 25.1 Å². The molecule has 0 saturated carbocycles. The molecule has 1 unspecified atom stereocenters. The van der Waals surface area contributed by atoms with Gasteiger partial charge in [0.25, 0.3) is 0 Å². The molecule has 0 fully saturated rings. The Kier molecular flexibility index (Phi) is 9.01. The Morgan fingerprint density at radius 1 is 1.00 bits per heavy atom. The van der Waals surface area contributed by atoms with E-state index in [4.69, 9.17) is 0 Å². The van der Waals surface area contributed by atoms with Crippen molar-refractivity contribution >= 4 is 11.8 Å². The monoisotopic (exact) mass is 442 g/mol. The van der Waals surface area contributed by atoms with Crippen LogP contribution in [0.3, 0.4) is 0 Å². The largest absolute Gasteiger partial charge is 0.416 e. The van der Waals surface area contributed by atoms with Gasteiger partial charge in [-0.1, -0.05) is 73.9 Å². The third-order valence-electron chi connectivity index (χ3n) is 4.66. The van der Waals surface area contributed by atoms with Gasteiger partial charge in [0.15, 0.2) is 0 Å². The Morgan fingerprint density at radius 2 is 1.72 bits per heavy atom. The summed E-state index contributed by atoms with van der Waals surface area (Å²) in [5.74, 6) is -0.845. The molecule has 4 nitrogen and oxygen atoms in total. The molecule has 0 saturated heterocycles. The molecule has 0 bridgehead atoms. The van der Waals surface area contributed by atoms with E-state index in [-0.39, 0.29) is 24.4 Å². The molecule has 0 spiro atoms. The Bertz CT molecular complexity index is 982. The van der Waals surface area contributed by atoms with Gasteiger partial charge in [-0.3, -0.25) is 9.59 Å². The van der Waals surface area contributed by atoms with E-state index in [2.05, 4.69) is 23.8 Å². The number of alkyl halides is 3. The minimum Gasteiger partial charge on any atom is -0.347 e. The summed E-state index contributed by atoms with van der Waals surface area (Å²) in [5, 5.41) is 5.21. The maximum Gasteiger partial charge on any atom is 0.416 e. The standard InChI is InChI=1S/C25H25F3N2O2/c1-3-9-19(4-2)24(20-12-8-13-21(16-20)25(26,27)28)30-23(32)17-29-22(31)15-14-18-10-6-5-7-11-18/h3-13,16,24H,1-2,14-15,17H2,(H,29,31)(H,30,32)/b19-9+. The molecule has 2 aromatic rings. The van der Waals surface area contributed by atoms with Gasteiger partial charge in [-0.15, -0.1) is 0 Å². The van der Waals surface area contributed by atoms with E-state index in [0.29, 0.717) is 12.0 Å². The number of aryl methyl sites for hydroxylation is 1. The second-order valence-electron chi connectivity index (χ2n) is 6.99. The third kappa shape index (κ3) is 7.58. The lowest BCUT2D eigenvalue weighted by molar-refractivity contribution is -0.137. The van der Waals surface area contributed by atoms with Crippen molar-refractivity contribution in [1.82, 2.24) is 10.6 Å². The van der Waals surface area contributed by atoms with Crippen molar-refractivity contribution in [3.05, 3.63) is 108 Å². The predicted octanol–water partition coefficient (Wildman–Crippen LogP) is 4.91. The highest BCUT2D eigenvalue weighted by atomic mass is 19.4. The number of amides is 2. The summed E-state index contributed by atoms with van der Waals surface area (Å²) in [5.41, 5.74) is 0.868. The van der Waals surface area contributed by atoms with Gasteiger partial charge in [-0.05, 0) is 35.3 Å². The van der Waals surface area contributed by atoms with Crippen molar-refractivity contribution < 1.29 is 22.8 Å². The number of rotatable bonds is 10. The van der Waals surface area contributed by atoms with Gasteiger partial charge in [0, 0.05) is 6.42 Å². The number of allylic oxidation sites excluding steroid dienone is 2. The summed E-state index contributed by atoms with van der Waals surface area (Å²) in [6.07, 6.45) is 0.664. The zero-order valence-corrected chi connectivity index (χ0v) is 17.5. The fourth-order valence-corrected chi connectivity index (χ4v) is 3.05. The minimum atomic E-state index is -4.52. The van der Waals surface area contributed by atoms with Gasteiger partial charge < -0.3 is 10.6 Å². The molecule has 2 rings (SSSR count). The Balaban J connectivity index is 2.07. The Morgan fingerprint density at radius 3 is 2.34 bits per heavy atom. The van der Waals surface area contributed by atoms with Crippen LogP contribution in [-0.4, -0.2) is 18.4 Å². The van der Waals surface area contributed by atoms with E-state index >= 15 is 0 Å². The van der Waals surface area contributed by atoms with Crippen molar-refractivity contribution in [1.29, 1.82) is 0 Å². The van der Waals surface area contributed by atoms with Crippen molar-refractivity contribution in [2.75, 3.05) is 6.54 Å². The van der Waals surface area contributed by atoms with E-state index in [0.717, 1.165) is 17.7 Å². The van der Waals surface area contributed by atoms with E-state index in [1.807, 2.05) is 30.3 Å². The van der Waals surface area contributed by atoms with Crippen LogP contribution in [0.2, 0.25) is 0 Å². The molecule has 0 heterocycles. The van der Waals surface area contributed by atoms with E-state index < -0.39 is 23.7 Å². The molecule has 2 N–H and O–H groups in total. The van der Waals surface area contributed by atoms with Gasteiger partial charge in [0.2, 0.25) is 11.8 Å². The number of hydrogen-bond acceptors (Lipinski definition) is 2. The van der Waals surface area contributed by atoms with Crippen molar-refractivity contribution in [3.8, 4) is 0 Å². The molecular weight excluding hydrogens is 417 g/mol. The lowest BCUT2D eigenvalue weighted by atomic mass is 9.96. The average Bonchev–Trinajstić information content (AvgIpc) is 2.78. The molecule has 1 atom stereocenters. The summed E-state index contributed by atoms with van der Waals surface area (Å²) in [4.78, 5) is 24.5. The van der Waals surface area contributed by atoms with Gasteiger partial charge >= 0.3 is 6.18 Å². The highest BCUT2D eigenvalue weighted by Crippen LogP contribution is 2.32.